The summed E-state index contributed by atoms with van der Waals surface area (Å²) in [5.74, 6) is 0.595. The molecule has 0 fully saturated rings. The van der Waals surface area contributed by atoms with E-state index in [1.165, 1.54) is 0 Å². The van der Waals surface area contributed by atoms with Crippen LogP contribution in [0.4, 0.5) is 0 Å². The number of nitrogens with zero attached hydrogens (tertiary/aromatic N) is 1. The minimum absolute atomic E-state index is 0.00492. The fourth-order valence-electron chi connectivity index (χ4n) is 0.890. The van der Waals surface area contributed by atoms with E-state index < -0.39 is 0 Å². The molecular formula is C9H5BrINO2. The van der Waals surface area contributed by atoms with Crippen LogP contribution < -0.4 is 4.74 Å². The lowest BCUT2D eigenvalue weighted by Gasteiger charge is -2.07. The Morgan fingerprint density at radius 2 is 2.36 bits per heavy atom. The molecule has 0 heterocycles. The molecule has 72 valence electrons. The van der Waals surface area contributed by atoms with E-state index in [0.29, 0.717) is 15.8 Å². The van der Waals surface area contributed by atoms with Gasteiger partial charge in [0.05, 0.1) is 8.04 Å². The Bertz CT molecular complexity index is 377. The highest BCUT2D eigenvalue weighted by Crippen LogP contribution is 2.31. The third kappa shape index (κ3) is 2.69. The van der Waals surface area contributed by atoms with Crippen molar-refractivity contribution in [1.82, 2.24) is 0 Å². The first kappa shape index (κ1) is 11.5. The summed E-state index contributed by atoms with van der Waals surface area (Å²) in [6, 6.07) is 5.24. The van der Waals surface area contributed by atoms with Gasteiger partial charge in [0.2, 0.25) is 0 Å². The van der Waals surface area contributed by atoms with Gasteiger partial charge in [-0.25, -0.2) is 0 Å². The first-order chi connectivity index (χ1) is 6.69. The van der Waals surface area contributed by atoms with Crippen molar-refractivity contribution in [3.05, 3.63) is 25.7 Å². The van der Waals surface area contributed by atoms with Gasteiger partial charge >= 0.3 is 0 Å². The summed E-state index contributed by atoms with van der Waals surface area (Å²) in [4.78, 5) is 10.5. The lowest BCUT2D eigenvalue weighted by Crippen LogP contribution is -1.97. The summed E-state index contributed by atoms with van der Waals surface area (Å²) >= 11 is 5.32. The molecule has 0 N–H and O–H groups in total. The van der Waals surface area contributed by atoms with Gasteiger partial charge in [0, 0.05) is 5.56 Å². The third-order valence-electron chi connectivity index (χ3n) is 1.44. The van der Waals surface area contributed by atoms with Crippen molar-refractivity contribution in [3.8, 4) is 11.8 Å². The van der Waals surface area contributed by atoms with E-state index in [4.69, 9.17) is 10.00 Å². The summed E-state index contributed by atoms with van der Waals surface area (Å²) < 4.78 is 6.67. The van der Waals surface area contributed by atoms with Crippen LogP contribution in [0.15, 0.2) is 16.6 Å². The number of nitriles is 1. The minimum Gasteiger partial charge on any atom is -0.476 e. The van der Waals surface area contributed by atoms with Crippen LogP contribution in [0, 0.1) is 14.9 Å². The maximum absolute atomic E-state index is 10.5. The molecule has 0 bridgehead atoms. The number of aldehydes is 1. The Kier molecular flexibility index (Phi) is 4.35. The molecule has 0 radical (unpaired) electrons. The van der Waals surface area contributed by atoms with Crippen LogP contribution in [-0.2, 0) is 0 Å². The molecule has 3 nitrogen and oxygen atoms in total. The normalized spacial score (nSPS) is 9.21. The molecule has 0 aliphatic heterocycles. The summed E-state index contributed by atoms with van der Waals surface area (Å²) in [5.41, 5.74) is 0.575. The molecule has 0 amide bonds. The summed E-state index contributed by atoms with van der Waals surface area (Å²) in [7, 11) is 0. The van der Waals surface area contributed by atoms with Crippen LogP contribution in [-0.4, -0.2) is 12.9 Å². The van der Waals surface area contributed by atoms with Crippen LogP contribution in [0.2, 0.25) is 0 Å². The molecule has 0 atom stereocenters. The Morgan fingerprint density at radius 1 is 1.64 bits per heavy atom. The van der Waals surface area contributed by atoms with E-state index in [-0.39, 0.29) is 6.61 Å². The molecule has 1 aromatic rings. The Labute approximate surface area is 103 Å². The Morgan fingerprint density at radius 3 is 2.86 bits per heavy atom. The van der Waals surface area contributed by atoms with Crippen LogP contribution in [0.1, 0.15) is 10.4 Å². The van der Waals surface area contributed by atoms with Crippen molar-refractivity contribution >= 4 is 44.8 Å². The number of carbonyl (C=O) groups is 1. The number of hydrogen-bond donors (Lipinski definition) is 0. The van der Waals surface area contributed by atoms with E-state index in [2.05, 4.69) is 38.5 Å². The Balaban J connectivity index is 3.06. The fourth-order valence-corrected chi connectivity index (χ4v) is 2.66. The van der Waals surface area contributed by atoms with Crippen molar-refractivity contribution < 1.29 is 9.53 Å². The largest absolute Gasteiger partial charge is 0.476 e. The molecule has 0 saturated heterocycles. The van der Waals surface area contributed by atoms with Gasteiger partial charge in [0.25, 0.3) is 0 Å². The standard InChI is InChI=1S/C9H5BrINO2/c10-7-3-6(5-13)4-8(11)9(7)14-2-1-12/h3-5H,2H2. The Hall–Kier alpha value is -0.610. The van der Waals surface area contributed by atoms with Gasteiger partial charge < -0.3 is 4.74 Å². The van der Waals surface area contributed by atoms with Gasteiger partial charge in [0.1, 0.15) is 18.1 Å². The lowest BCUT2D eigenvalue weighted by atomic mass is 10.2. The van der Waals surface area contributed by atoms with Gasteiger partial charge in [-0.1, -0.05) is 0 Å². The van der Waals surface area contributed by atoms with Crippen molar-refractivity contribution in [2.45, 2.75) is 0 Å². The SMILES string of the molecule is N#CCOc1c(Br)cc(C=O)cc1I. The molecule has 0 aliphatic rings. The highest BCUT2D eigenvalue weighted by Gasteiger charge is 2.08. The van der Waals surface area contributed by atoms with Crippen molar-refractivity contribution in [2.24, 2.45) is 0 Å². The number of ether oxygens (including phenoxy) is 1. The molecule has 0 aromatic heterocycles. The van der Waals surface area contributed by atoms with Crippen molar-refractivity contribution in [2.75, 3.05) is 6.61 Å². The molecule has 0 saturated carbocycles. The van der Waals surface area contributed by atoms with Crippen LogP contribution in [0.25, 0.3) is 0 Å². The van der Waals surface area contributed by atoms with Gasteiger partial charge in [0.15, 0.2) is 6.61 Å². The summed E-state index contributed by atoms with van der Waals surface area (Å²) in [6.45, 7) is -0.00492. The predicted molar refractivity (Wildman–Crippen MR) is 63.4 cm³/mol. The fraction of sp³-hybridized carbons (Fsp3) is 0.111. The van der Waals surface area contributed by atoms with Crippen molar-refractivity contribution in [1.29, 1.82) is 5.26 Å². The van der Waals surface area contributed by atoms with Gasteiger partial charge in [-0.2, -0.15) is 5.26 Å². The number of benzene rings is 1. The van der Waals surface area contributed by atoms with E-state index in [9.17, 15) is 4.79 Å². The highest BCUT2D eigenvalue weighted by atomic mass is 127. The second kappa shape index (κ2) is 5.32. The average molecular weight is 366 g/mol. The maximum Gasteiger partial charge on any atom is 0.174 e. The van der Waals surface area contributed by atoms with Crippen LogP contribution in [0.3, 0.4) is 0 Å². The van der Waals surface area contributed by atoms with E-state index in [1.807, 2.05) is 6.07 Å². The zero-order valence-electron chi connectivity index (χ0n) is 6.96. The lowest BCUT2D eigenvalue weighted by molar-refractivity contribution is 0.112. The van der Waals surface area contributed by atoms with Crippen LogP contribution >= 0.6 is 38.5 Å². The van der Waals surface area contributed by atoms with Gasteiger partial charge in [-0.05, 0) is 50.7 Å². The zero-order chi connectivity index (χ0) is 10.6. The minimum atomic E-state index is -0.00492. The number of rotatable bonds is 3. The monoisotopic (exact) mass is 365 g/mol. The summed E-state index contributed by atoms with van der Waals surface area (Å²) in [5, 5.41) is 8.36. The summed E-state index contributed by atoms with van der Waals surface area (Å²) in [6.07, 6.45) is 0.765. The molecule has 0 spiro atoms. The molecule has 0 unspecified atom stereocenters. The average Bonchev–Trinajstić information content (AvgIpc) is 2.16. The first-order valence-corrected chi connectivity index (χ1v) is 5.50. The van der Waals surface area contributed by atoms with E-state index >= 15 is 0 Å². The van der Waals surface area contributed by atoms with Gasteiger partial charge in [-0.3, -0.25) is 4.79 Å². The van der Waals surface area contributed by atoms with Crippen molar-refractivity contribution in [3.63, 3.8) is 0 Å². The highest BCUT2D eigenvalue weighted by molar-refractivity contribution is 14.1. The van der Waals surface area contributed by atoms with Crippen LogP contribution in [0.5, 0.6) is 5.75 Å². The quantitative estimate of drug-likeness (QED) is 0.611. The number of hydrogen-bond acceptors (Lipinski definition) is 3. The third-order valence-corrected chi connectivity index (χ3v) is 2.83. The van der Waals surface area contributed by atoms with E-state index in [0.717, 1.165) is 9.86 Å². The second-order valence-electron chi connectivity index (χ2n) is 2.38. The molecular weight excluding hydrogens is 361 g/mol. The second-order valence-corrected chi connectivity index (χ2v) is 4.39. The molecule has 1 rings (SSSR count). The van der Waals surface area contributed by atoms with Gasteiger partial charge in [-0.15, -0.1) is 0 Å². The zero-order valence-corrected chi connectivity index (χ0v) is 10.7. The van der Waals surface area contributed by atoms with E-state index in [1.54, 1.807) is 12.1 Å². The first-order valence-electron chi connectivity index (χ1n) is 3.63. The number of halogens is 2. The predicted octanol–water partition coefficient (Wildman–Crippen LogP) is 2.77. The smallest absolute Gasteiger partial charge is 0.174 e. The number of carbonyl (C=O) groups excluding carboxylic acids is 1. The topological polar surface area (TPSA) is 50.1 Å². The molecule has 1 aromatic carbocycles. The molecule has 0 aliphatic carbocycles. The molecule has 14 heavy (non-hydrogen) atoms. The molecule has 5 heteroatoms. The maximum atomic E-state index is 10.5.